The SMILES string of the molecule is CSN1CN(C)C(OCCOc2ccc(Oc3ccccc3)cc2)N(SC)C1. The molecule has 28 heavy (non-hydrogen) atoms. The maximum atomic E-state index is 6.06. The van der Waals surface area contributed by atoms with E-state index in [0.717, 1.165) is 30.6 Å². The molecule has 0 aromatic heterocycles. The smallest absolute Gasteiger partial charge is 0.179 e. The highest BCUT2D eigenvalue weighted by atomic mass is 32.2. The summed E-state index contributed by atoms with van der Waals surface area (Å²) in [5.74, 6) is 2.41. The molecule has 6 nitrogen and oxygen atoms in total. The summed E-state index contributed by atoms with van der Waals surface area (Å²) in [7, 11) is 2.07. The van der Waals surface area contributed by atoms with Crippen LogP contribution in [0.5, 0.6) is 17.2 Å². The second-order valence-corrected chi connectivity index (χ2v) is 7.95. The van der Waals surface area contributed by atoms with Crippen LogP contribution in [-0.4, -0.2) is 66.0 Å². The molecule has 1 fully saturated rings. The summed E-state index contributed by atoms with van der Waals surface area (Å²) >= 11 is 3.43. The number of hydrogen-bond acceptors (Lipinski definition) is 8. The van der Waals surface area contributed by atoms with Crippen molar-refractivity contribution in [2.45, 2.75) is 6.35 Å². The van der Waals surface area contributed by atoms with Crippen molar-refractivity contribution in [2.75, 3.05) is 46.1 Å². The highest BCUT2D eigenvalue weighted by Gasteiger charge is 2.31. The molecule has 0 N–H and O–H groups in total. The highest BCUT2D eigenvalue weighted by molar-refractivity contribution is 7.97. The first kappa shape index (κ1) is 21.3. The molecule has 1 saturated heterocycles. The van der Waals surface area contributed by atoms with Gasteiger partial charge in [-0.3, -0.25) is 4.90 Å². The van der Waals surface area contributed by atoms with Crippen LogP contribution in [0, 0.1) is 0 Å². The van der Waals surface area contributed by atoms with Crippen molar-refractivity contribution in [1.82, 2.24) is 13.5 Å². The van der Waals surface area contributed by atoms with E-state index in [1.54, 1.807) is 23.9 Å². The molecule has 1 aliphatic rings. The summed E-state index contributed by atoms with van der Waals surface area (Å²) < 4.78 is 22.2. The Bertz CT molecular complexity index is 706. The number of hydrogen-bond donors (Lipinski definition) is 0. The molecular formula is C20H27N3O3S2. The van der Waals surface area contributed by atoms with E-state index >= 15 is 0 Å². The lowest BCUT2D eigenvalue weighted by molar-refractivity contribution is -0.153. The molecule has 2 aromatic rings. The fraction of sp³-hybridized carbons (Fsp3) is 0.400. The molecule has 2 aromatic carbocycles. The van der Waals surface area contributed by atoms with Gasteiger partial charge in [0.25, 0.3) is 0 Å². The highest BCUT2D eigenvalue weighted by Crippen LogP contribution is 2.25. The summed E-state index contributed by atoms with van der Waals surface area (Å²) in [5.41, 5.74) is 0. The molecule has 0 bridgehead atoms. The third-order valence-electron chi connectivity index (χ3n) is 4.22. The fourth-order valence-electron chi connectivity index (χ4n) is 2.82. The summed E-state index contributed by atoms with van der Waals surface area (Å²) in [6.07, 6.45) is 4.12. The van der Waals surface area contributed by atoms with Crippen LogP contribution in [0.3, 0.4) is 0 Å². The van der Waals surface area contributed by atoms with E-state index in [1.165, 1.54) is 0 Å². The van der Waals surface area contributed by atoms with Crippen molar-refractivity contribution in [1.29, 1.82) is 0 Å². The standard InChI is InChI=1S/C20H27N3O3S2/c1-21-15-22(27-2)16-23(28-3)20(21)25-14-13-24-17-9-11-19(12-10-17)26-18-7-5-4-6-8-18/h4-12,20H,13-16H2,1-3H3. The summed E-state index contributed by atoms with van der Waals surface area (Å²) in [6, 6.07) is 17.4. The Morgan fingerprint density at radius 1 is 0.857 bits per heavy atom. The molecule has 1 atom stereocenters. The van der Waals surface area contributed by atoms with Crippen molar-refractivity contribution < 1.29 is 14.2 Å². The van der Waals surface area contributed by atoms with Gasteiger partial charge in [-0.2, -0.15) is 4.31 Å². The van der Waals surface area contributed by atoms with Crippen molar-refractivity contribution in [2.24, 2.45) is 0 Å². The Hall–Kier alpha value is -1.42. The predicted molar refractivity (Wildman–Crippen MR) is 116 cm³/mol. The number of para-hydroxylation sites is 1. The molecular weight excluding hydrogens is 394 g/mol. The average molecular weight is 422 g/mol. The summed E-state index contributed by atoms with van der Waals surface area (Å²) in [4.78, 5) is 2.19. The maximum absolute atomic E-state index is 6.06. The van der Waals surface area contributed by atoms with Gasteiger partial charge in [0, 0.05) is 0 Å². The zero-order valence-electron chi connectivity index (χ0n) is 16.5. The molecule has 1 heterocycles. The average Bonchev–Trinajstić information content (AvgIpc) is 2.73. The normalized spacial score (nSPS) is 18.9. The van der Waals surface area contributed by atoms with Crippen LogP contribution in [0.1, 0.15) is 0 Å². The first-order chi connectivity index (χ1) is 13.7. The summed E-state index contributed by atoms with van der Waals surface area (Å²) in [5, 5.41) is 0. The van der Waals surface area contributed by atoms with Gasteiger partial charge in [0.05, 0.1) is 19.9 Å². The first-order valence-corrected chi connectivity index (χ1v) is 11.4. The summed E-state index contributed by atoms with van der Waals surface area (Å²) in [6.45, 7) is 2.75. The topological polar surface area (TPSA) is 37.4 Å². The van der Waals surface area contributed by atoms with E-state index in [2.05, 4.69) is 33.1 Å². The minimum absolute atomic E-state index is 0.0522. The molecule has 1 unspecified atom stereocenters. The molecule has 152 valence electrons. The predicted octanol–water partition coefficient (Wildman–Crippen LogP) is 4.18. The lowest BCUT2D eigenvalue weighted by atomic mass is 10.3. The van der Waals surface area contributed by atoms with Crippen LogP contribution >= 0.6 is 23.9 Å². The number of ether oxygens (including phenoxy) is 3. The maximum Gasteiger partial charge on any atom is 0.179 e. The largest absolute Gasteiger partial charge is 0.491 e. The molecule has 1 aliphatic heterocycles. The third kappa shape index (κ3) is 6.04. The second-order valence-electron chi connectivity index (χ2n) is 6.24. The van der Waals surface area contributed by atoms with E-state index in [0.29, 0.717) is 13.2 Å². The van der Waals surface area contributed by atoms with Crippen molar-refractivity contribution in [3.05, 3.63) is 54.6 Å². The molecule has 0 radical (unpaired) electrons. The zero-order chi connectivity index (χ0) is 19.8. The van der Waals surface area contributed by atoms with Crippen LogP contribution in [0.2, 0.25) is 0 Å². The van der Waals surface area contributed by atoms with Gasteiger partial charge in [-0.1, -0.05) is 42.1 Å². The zero-order valence-corrected chi connectivity index (χ0v) is 18.1. The van der Waals surface area contributed by atoms with Gasteiger partial charge >= 0.3 is 0 Å². The quantitative estimate of drug-likeness (QED) is 0.441. The van der Waals surface area contributed by atoms with Crippen LogP contribution in [0.15, 0.2) is 54.6 Å². The van der Waals surface area contributed by atoms with Gasteiger partial charge in [-0.05, 0) is 56.0 Å². The Morgan fingerprint density at radius 3 is 2.21 bits per heavy atom. The third-order valence-corrected chi connectivity index (χ3v) is 5.73. The van der Waals surface area contributed by atoms with Crippen molar-refractivity contribution in [3.63, 3.8) is 0 Å². The molecule has 0 aliphatic carbocycles. The van der Waals surface area contributed by atoms with Crippen LogP contribution in [0.4, 0.5) is 0 Å². The fourth-order valence-corrected chi connectivity index (χ4v) is 4.09. The monoisotopic (exact) mass is 421 g/mol. The molecule has 0 spiro atoms. The van der Waals surface area contributed by atoms with Crippen LogP contribution in [-0.2, 0) is 4.74 Å². The number of nitrogens with zero attached hydrogens (tertiary/aromatic N) is 3. The van der Waals surface area contributed by atoms with Crippen molar-refractivity contribution >= 4 is 23.9 Å². The molecule has 0 amide bonds. The lowest BCUT2D eigenvalue weighted by Gasteiger charge is -2.44. The number of benzene rings is 2. The molecule has 0 saturated carbocycles. The van der Waals surface area contributed by atoms with E-state index in [9.17, 15) is 0 Å². The van der Waals surface area contributed by atoms with Crippen molar-refractivity contribution in [3.8, 4) is 17.2 Å². The Balaban J connectivity index is 1.42. The number of rotatable bonds is 9. The van der Waals surface area contributed by atoms with Gasteiger partial charge in [0.2, 0.25) is 0 Å². The van der Waals surface area contributed by atoms with E-state index in [1.807, 2.05) is 54.6 Å². The first-order valence-electron chi connectivity index (χ1n) is 9.07. The minimum atomic E-state index is -0.0522. The van der Waals surface area contributed by atoms with E-state index < -0.39 is 0 Å². The Kier molecular flexibility index (Phi) is 8.32. The van der Waals surface area contributed by atoms with Crippen LogP contribution in [0.25, 0.3) is 0 Å². The van der Waals surface area contributed by atoms with E-state index in [-0.39, 0.29) is 6.35 Å². The van der Waals surface area contributed by atoms with Gasteiger partial charge in [0.15, 0.2) is 6.35 Å². The Labute approximate surface area is 176 Å². The van der Waals surface area contributed by atoms with Crippen LogP contribution < -0.4 is 9.47 Å². The van der Waals surface area contributed by atoms with Gasteiger partial charge < -0.3 is 14.2 Å². The Morgan fingerprint density at radius 2 is 1.54 bits per heavy atom. The molecule has 3 rings (SSSR count). The second kappa shape index (κ2) is 10.9. The van der Waals surface area contributed by atoms with E-state index in [4.69, 9.17) is 14.2 Å². The van der Waals surface area contributed by atoms with Gasteiger partial charge in [0.1, 0.15) is 23.9 Å². The molecule has 8 heteroatoms. The lowest BCUT2D eigenvalue weighted by Crippen LogP contribution is -2.56. The van der Waals surface area contributed by atoms with Gasteiger partial charge in [-0.25, -0.2) is 4.31 Å². The van der Waals surface area contributed by atoms with Gasteiger partial charge in [-0.15, -0.1) is 0 Å². The minimum Gasteiger partial charge on any atom is -0.491 e.